The predicted octanol–water partition coefficient (Wildman–Crippen LogP) is 3.29. The van der Waals surface area contributed by atoms with Crippen molar-refractivity contribution in [3.8, 4) is 0 Å². The summed E-state index contributed by atoms with van der Waals surface area (Å²) in [7, 11) is 0. The Hall–Kier alpha value is -3.88. The molecule has 2 aromatic heterocycles. The van der Waals surface area contributed by atoms with E-state index in [-0.39, 0.29) is 30.8 Å². The number of fused-ring (bicyclic) bond motifs is 1. The molecule has 0 aliphatic rings. The van der Waals surface area contributed by atoms with Crippen molar-refractivity contribution in [2.24, 2.45) is 0 Å². The normalized spacial score (nSPS) is 11.0. The van der Waals surface area contributed by atoms with Gasteiger partial charge in [0.1, 0.15) is 22.9 Å². The summed E-state index contributed by atoms with van der Waals surface area (Å²) in [4.78, 5) is 26.6. The number of benzene rings is 2. The fourth-order valence-electron chi connectivity index (χ4n) is 3.07. The van der Waals surface area contributed by atoms with Crippen molar-refractivity contribution >= 4 is 22.5 Å². The molecule has 152 valence electrons. The minimum absolute atomic E-state index is 0.0486. The molecule has 0 unspecified atom stereocenters. The zero-order valence-corrected chi connectivity index (χ0v) is 15.7. The van der Waals surface area contributed by atoms with Crippen molar-refractivity contribution in [3.05, 3.63) is 88.6 Å². The molecule has 0 atom stereocenters. The summed E-state index contributed by atoms with van der Waals surface area (Å²) >= 11 is 0. The minimum atomic E-state index is -0.877. The third-order valence-electron chi connectivity index (χ3n) is 4.56. The Kier molecular flexibility index (Phi) is 5.34. The zero-order chi connectivity index (χ0) is 21.1. The van der Waals surface area contributed by atoms with Gasteiger partial charge in [-0.25, -0.2) is 13.5 Å². The molecule has 0 N–H and O–H groups in total. The Labute approximate surface area is 169 Å². The van der Waals surface area contributed by atoms with Crippen LogP contribution < -0.4 is 10.5 Å². The van der Waals surface area contributed by atoms with E-state index in [1.807, 2.05) is 0 Å². The summed E-state index contributed by atoms with van der Waals surface area (Å²) < 4.78 is 34.0. The van der Waals surface area contributed by atoms with Crippen molar-refractivity contribution in [1.29, 1.82) is 0 Å². The number of hydrogen-bond acceptors (Lipinski definition) is 5. The Bertz CT molecular complexity index is 1250. The second-order valence-corrected chi connectivity index (χ2v) is 6.54. The van der Waals surface area contributed by atoms with Crippen LogP contribution in [0.2, 0.25) is 0 Å². The average Bonchev–Trinajstić information content (AvgIpc) is 3.25. The van der Waals surface area contributed by atoms with E-state index < -0.39 is 17.5 Å². The van der Waals surface area contributed by atoms with Crippen LogP contribution >= 0.6 is 0 Å². The van der Waals surface area contributed by atoms with Gasteiger partial charge in [0.2, 0.25) is 5.91 Å². The highest BCUT2D eigenvalue weighted by molar-refractivity contribution is 5.93. The molecule has 2 aromatic carbocycles. The lowest BCUT2D eigenvalue weighted by Crippen LogP contribution is -2.33. The van der Waals surface area contributed by atoms with Gasteiger partial charge in [0, 0.05) is 12.5 Å². The first-order valence-electron chi connectivity index (χ1n) is 9.13. The van der Waals surface area contributed by atoms with Crippen LogP contribution in [-0.4, -0.2) is 20.9 Å². The monoisotopic (exact) mass is 410 g/mol. The van der Waals surface area contributed by atoms with Crippen LogP contribution in [0.4, 0.5) is 14.5 Å². The molecule has 0 fully saturated rings. The van der Waals surface area contributed by atoms with Gasteiger partial charge in [0.15, 0.2) is 0 Å². The predicted molar refractivity (Wildman–Crippen MR) is 105 cm³/mol. The Morgan fingerprint density at radius 1 is 1.10 bits per heavy atom. The van der Waals surface area contributed by atoms with Gasteiger partial charge in [-0.15, -0.1) is 5.10 Å². The SMILES string of the molecule is O=C(CCn1nnc2ccccc2c1=O)N(Cc1ccco1)c1ccc(F)cc1F. The van der Waals surface area contributed by atoms with Gasteiger partial charge >= 0.3 is 0 Å². The lowest BCUT2D eigenvalue weighted by molar-refractivity contribution is -0.119. The Morgan fingerprint density at radius 2 is 1.93 bits per heavy atom. The van der Waals surface area contributed by atoms with E-state index in [4.69, 9.17) is 4.42 Å². The first-order valence-corrected chi connectivity index (χ1v) is 9.13. The van der Waals surface area contributed by atoms with Crippen molar-refractivity contribution < 1.29 is 18.0 Å². The highest BCUT2D eigenvalue weighted by Crippen LogP contribution is 2.23. The molecule has 0 aliphatic carbocycles. The van der Waals surface area contributed by atoms with Crippen LogP contribution in [0.25, 0.3) is 10.9 Å². The van der Waals surface area contributed by atoms with Gasteiger partial charge in [0.05, 0.1) is 30.4 Å². The van der Waals surface area contributed by atoms with E-state index >= 15 is 0 Å². The maximum atomic E-state index is 14.3. The molecule has 1 amide bonds. The van der Waals surface area contributed by atoms with E-state index in [2.05, 4.69) is 10.3 Å². The summed E-state index contributed by atoms with van der Waals surface area (Å²) in [6.07, 6.45) is 1.29. The lowest BCUT2D eigenvalue weighted by atomic mass is 10.2. The second-order valence-electron chi connectivity index (χ2n) is 6.54. The van der Waals surface area contributed by atoms with Crippen molar-refractivity contribution in [2.75, 3.05) is 4.90 Å². The summed E-state index contributed by atoms with van der Waals surface area (Å²) in [5.74, 6) is -1.69. The van der Waals surface area contributed by atoms with Gasteiger partial charge in [0.25, 0.3) is 5.56 Å². The third kappa shape index (κ3) is 3.95. The molecule has 7 nitrogen and oxygen atoms in total. The summed E-state index contributed by atoms with van der Waals surface area (Å²) in [5.41, 5.74) is -0.00778. The van der Waals surface area contributed by atoms with E-state index in [1.54, 1.807) is 36.4 Å². The van der Waals surface area contributed by atoms with E-state index in [0.717, 1.165) is 15.6 Å². The van der Waals surface area contributed by atoms with Gasteiger partial charge in [-0.3, -0.25) is 9.59 Å². The first-order chi connectivity index (χ1) is 14.5. The Morgan fingerprint density at radius 3 is 2.70 bits per heavy atom. The Balaban J connectivity index is 1.59. The lowest BCUT2D eigenvalue weighted by Gasteiger charge is -2.22. The molecule has 0 saturated heterocycles. The van der Waals surface area contributed by atoms with Gasteiger partial charge in [-0.05, 0) is 36.4 Å². The number of aryl methyl sites for hydroxylation is 1. The standard InChI is InChI=1S/C21H16F2N4O3/c22-14-7-8-19(17(23)12-14)26(13-15-4-3-11-30-15)20(28)9-10-27-21(29)16-5-1-2-6-18(16)24-25-27/h1-8,11-12H,9-10,13H2. The van der Waals surface area contributed by atoms with Gasteiger partial charge < -0.3 is 9.32 Å². The number of hydrogen-bond donors (Lipinski definition) is 0. The molecule has 4 aromatic rings. The average molecular weight is 410 g/mol. The van der Waals surface area contributed by atoms with Crippen molar-refractivity contribution in [1.82, 2.24) is 15.0 Å². The molecule has 30 heavy (non-hydrogen) atoms. The zero-order valence-electron chi connectivity index (χ0n) is 15.7. The number of rotatable bonds is 6. The topological polar surface area (TPSA) is 81.2 Å². The second kappa shape index (κ2) is 8.24. The number of carbonyl (C=O) groups is 1. The maximum absolute atomic E-state index is 14.3. The highest BCUT2D eigenvalue weighted by Gasteiger charge is 2.21. The van der Waals surface area contributed by atoms with Crippen LogP contribution in [0.1, 0.15) is 12.2 Å². The minimum Gasteiger partial charge on any atom is -0.467 e. The van der Waals surface area contributed by atoms with Crippen molar-refractivity contribution in [3.63, 3.8) is 0 Å². The van der Waals surface area contributed by atoms with Gasteiger partial charge in [-0.2, -0.15) is 0 Å². The quantitative estimate of drug-likeness (QED) is 0.487. The number of amides is 1. The number of halogens is 2. The summed E-state index contributed by atoms with van der Waals surface area (Å²) in [5, 5.41) is 8.22. The largest absolute Gasteiger partial charge is 0.467 e. The molecule has 2 heterocycles. The summed E-state index contributed by atoms with van der Waals surface area (Å²) in [6, 6.07) is 13.0. The molecule has 4 rings (SSSR count). The molecule has 0 radical (unpaired) electrons. The first kappa shape index (κ1) is 19.4. The molecular weight excluding hydrogens is 394 g/mol. The smallest absolute Gasteiger partial charge is 0.277 e. The third-order valence-corrected chi connectivity index (χ3v) is 4.56. The highest BCUT2D eigenvalue weighted by atomic mass is 19.1. The van der Waals surface area contributed by atoms with Crippen molar-refractivity contribution in [2.45, 2.75) is 19.5 Å². The fourth-order valence-corrected chi connectivity index (χ4v) is 3.07. The maximum Gasteiger partial charge on any atom is 0.277 e. The van der Waals surface area contributed by atoms with Crippen LogP contribution in [0.5, 0.6) is 0 Å². The van der Waals surface area contributed by atoms with Gasteiger partial charge in [-0.1, -0.05) is 17.3 Å². The number of aromatic nitrogens is 3. The van der Waals surface area contributed by atoms with E-state index in [0.29, 0.717) is 22.7 Å². The van der Waals surface area contributed by atoms with E-state index in [1.165, 1.54) is 12.3 Å². The molecule has 0 bridgehead atoms. The molecule has 0 spiro atoms. The van der Waals surface area contributed by atoms with Crippen LogP contribution in [0.15, 0.2) is 70.1 Å². The number of anilines is 1. The van der Waals surface area contributed by atoms with Crippen LogP contribution in [0.3, 0.4) is 0 Å². The fraction of sp³-hybridized carbons (Fsp3) is 0.143. The van der Waals surface area contributed by atoms with Crippen LogP contribution in [-0.2, 0) is 17.9 Å². The molecule has 0 saturated carbocycles. The number of furan rings is 1. The number of carbonyl (C=O) groups excluding carboxylic acids is 1. The molecule has 0 aliphatic heterocycles. The number of nitrogens with zero attached hydrogens (tertiary/aromatic N) is 4. The van der Waals surface area contributed by atoms with Crippen LogP contribution in [0, 0.1) is 11.6 Å². The molecule has 9 heteroatoms. The van der Waals surface area contributed by atoms with E-state index in [9.17, 15) is 18.4 Å². The summed E-state index contributed by atoms with van der Waals surface area (Å²) in [6.45, 7) is -0.0976. The molecular formula is C21H16F2N4O3.